The largest absolute Gasteiger partial charge is 0.491 e. The summed E-state index contributed by atoms with van der Waals surface area (Å²) in [5, 5.41) is 48.4. The number of halogens is 3. The third-order valence-electron chi connectivity index (χ3n) is 9.44. The number of benzene rings is 3. The summed E-state index contributed by atoms with van der Waals surface area (Å²) in [6.45, 7) is 3.25. The number of rotatable bonds is 15. The molecular formula is C45H37F3N4O4S2. The van der Waals surface area contributed by atoms with Crippen molar-refractivity contribution in [1.29, 1.82) is 15.8 Å². The number of hydrogen-bond acceptors (Lipinski definition) is 10. The van der Waals surface area contributed by atoms with Gasteiger partial charge >= 0.3 is 6.18 Å². The number of allylic oxidation sites excluding steroid dienone is 2. The number of ether oxygens (including phenoxy) is 2. The highest BCUT2D eigenvalue weighted by Gasteiger charge is 2.65. The number of aliphatic hydroxyl groups is 2. The van der Waals surface area contributed by atoms with Crippen LogP contribution in [0.5, 0.6) is 5.75 Å². The van der Waals surface area contributed by atoms with Gasteiger partial charge in [0.1, 0.15) is 23.8 Å². The van der Waals surface area contributed by atoms with E-state index in [4.69, 9.17) is 9.47 Å². The molecule has 1 aliphatic heterocycles. The third-order valence-corrected chi connectivity index (χ3v) is 11.8. The number of anilines is 1. The normalized spacial score (nSPS) is 15.5. The molecule has 1 unspecified atom stereocenters. The number of nitrogens with zero attached hydrogens (tertiary/aromatic N) is 4. The Balaban J connectivity index is 1.39. The quantitative estimate of drug-likeness (QED) is 0.0788. The maximum Gasteiger partial charge on any atom is 0.437 e. The van der Waals surface area contributed by atoms with Crippen LogP contribution in [0.3, 0.4) is 0 Å². The zero-order chi connectivity index (χ0) is 41.3. The zero-order valence-corrected chi connectivity index (χ0v) is 32.9. The van der Waals surface area contributed by atoms with Gasteiger partial charge in [-0.2, -0.15) is 29.0 Å². The molecule has 3 aromatic carbocycles. The number of unbranched alkanes of at least 4 members (excludes halogenated alkanes) is 1. The lowest BCUT2D eigenvalue weighted by atomic mass is 9.83. The molecule has 2 N–H and O–H groups in total. The minimum absolute atomic E-state index is 0.0370. The van der Waals surface area contributed by atoms with Crippen molar-refractivity contribution in [2.75, 3.05) is 37.8 Å². The molecule has 2 aromatic heterocycles. The number of hydrogen-bond donors (Lipinski definition) is 2. The highest BCUT2D eigenvalue weighted by Crippen LogP contribution is 2.56. The lowest BCUT2D eigenvalue weighted by Crippen LogP contribution is -2.43. The first kappa shape index (κ1) is 41.5. The summed E-state index contributed by atoms with van der Waals surface area (Å²) in [5.41, 5.74) is -2.13. The number of alkyl halides is 3. The summed E-state index contributed by atoms with van der Waals surface area (Å²) in [5.74, 6) is -0.0701. The van der Waals surface area contributed by atoms with E-state index in [-0.39, 0.29) is 18.8 Å². The molecule has 58 heavy (non-hydrogen) atoms. The third kappa shape index (κ3) is 8.43. The fourth-order valence-electron chi connectivity index (χ4n) is 6.58. The van der Waals surface area contributed by atoms with Crippen LogP contribution >= 0.6 is 22.7 Å². The Labute approximate surface area is 342 Å². The molecule has 0 radical (unpaired) electrons. The zero-order valence-electron chi connectivity index (χ0n) is 31.3. The molecular weight excluding hydrogens is 782 g/mol. The summed E-state index contributed by atoms with van der Waals surface area (Å²) >= 11 is 2.79. The van der Waals surface area contributed by atoms with Crippen molar-refractivity contribution in [1.82, 2.24) is 0 Å². The highest BCUT2D eigenvalue weighted by molar-refractivity contribution is 7.29. The summed E-state index contributed by atoms with van der Waals surface area (Å²) in [6.07, 6.45) is 3.19. The first-order valence-electron chi connectivity index (χ1n) is 18.4. The fraction of sp³-hybridized carbons (Fsp3) is 0.222. The van der Waals surface area contributed by atoms with E-state index in [0.717, 1.165) is 43.9 Å². The molecule has 3 heterocycles. The molecule has 0 amide bonds. The number of aliphatic hydroxyl groups excluding tert-OH is 2. The smallest absolute Gasteiger partial charge is 0.437 e. The maximum atomic E-state index is 15.6. The second-order valence-corrected chi connectivity index (χ2v) is 15.3. The standard InChI is InChI=1S/C45H37F3N4O4S2/c1-2-3-25-55-42-39(20-11-30-9-16-35(17-10-30)52(21-23-53)22-24-54)58-40-26-36(57-43(40)42)18-19-38-37(29-51)41(33(27-49)28-50)56-44(38,45(46,47)48)34-14-12-32(13-15-34)31-7-5-4-6-8-31/h4-20,26,53-54H,2-3,21-25H2,1H3/b19-18+,20-11+. The average molecular weight is 819 g/mol. The van der Waals surface area contributed by atoms with Crippen LogP contribution in [-0.4, -0.2) is 49.3 Å². The molecule has 0 spiro atoms. The van der Waals surface area contributed by atoms with Crippen molar-refractivity contribution in [2.45, 2.75) is 31.5 Å². The number of thiophene rings is 2. The van der Waals surface area contributed by atoms with Gasteiger partial charge < -0.3 is 24.6 Å². The van der Waals surface area contributed by atoms with Gasteiger partial charge in [-0.05, 0) is 53.5 Å². The van der Waals surface area contributed by atoms with Crippen molar-refractivity contribution < 1.29 is 32.9 Å². The van der Waals surface area contributed by atoms with Crippen LogP contribution < -0.4 is 9.64 Å². The van der Waals surface area contributed by atoms with Crippen LogP contribution in [0, 0.1) is 34.0 Å². The Morgan fingerprint density at radius 2 is 1.53 bits per heavy atom. The van der Waals surface area contributed by atoms with E-state index < -0.39 is 34.3 Å². The molecule has 0 aliphatic carbocycles. The second-order valence-electron chi connectivity index (χ2n) is 13.1. The minimum atomic E-state index is -5.13. The van der Waals surface area contributed by atoms with E-state index in [2.05, 4.69) is 6.92 Å². The van der Waals surface area contributed by atoms with E-state index >= 15 is 13.2 Å². The Bertz CT molecular complexity index is 2480. The van der Waals surface area contributed by atoms with E-state index in [1.807, 2.05) is 77.7 Å². The maximum absolute atomic E-state index is 15.6. The summed E-state index contributed by atoms with van der Waals surface area (Å²) in [6, 6.07) is 29.3. The van der Waals surface area contributed by atoms with E-state index in [9.17, 15) is 26.0 Å². The Kier molecular flexibility index (Phi) is 13.2. The molecule has 8 nitrogen and oxygen atoms in total. The van der Waals surface area contributed by atoms with Gasteiger partial charge in [-0.25, -0.2) is 0 Å². The van der Waals surface area contributed by atoms with Crippen molar-refractivity contribution in [2.24, 2.45) is 0 Å². The van der Waals surface area contributed by atoms with Crippen LogP contribution in [0.4, 0.5) is 18.9 Å². The van der Waals surface area contributed by atoms with Gasteiger partial charge in [0.2, 0.25) is 0 Å². The van der Waals surface area contributed by atoms with Crippen LogP contribution in [-0.2, 0) is 10.3 Å². The molecule has 0 bridgehead atoms. The molecule has 1 aliphatic rings. The molecule has 0 saturated carbocycles. The van der Waals surface area contributed by atoms with Crippen molar-refractivity contribution >= 4 is 56.0 Å². The highest BCUT2D eigenvalue weighted by atomic mass is 32.1. The van der Waals surface area contributed by atoms with Gasteiger partial charge in [0.05, 0.1) is 34.1 Å². The predicted octanol–water partition coefficient (Wildman–Crippen LogP) is 10.4. The molecule has 5 aromatic rings. The topological polar surface area (TPSA) is 134 Å². The van der Waals surface area contributed by atoms with Gasteiger partial charge in [0.15, 0.2) is 17.1 Å². The van der Waals surface area contributed by atoms with E-state index in [0.29, 0.717) is 35.9 Å². The van der Waals surface area contributed by atoms with Gasteiger partial charge in [-0.1, -0.05) is 92.2 Å². The van der Waals surface area contributed by atoms with Crippen molar-refractivity contribution in [3.05, 3.63) is 134 Å². The second kappa shape index (κ2) is 18.4. The van der Waals surface area contributed by atoms with Crippen LogP contribution in [0.25, 0.3) is 38.8 Å². The predicted molar refractivity (Wildman–Crippen MR) is 222 cm³/mol. The lowest BCUT2D eigenvalue weighted by Gasteiger charge is -2.33. The fourth-order valence-corrected chi connectivity index (χ4v) is 8.94. The molecule has 6 rings (SSSR count). The van der Waals surface area contributed by atoms with E-state index in [1.165, 1.54) is 59.1 Å². The van der Waals surface area contributed by atoms with Gasteiger partial charge in [-0.15, -0.1) is 22.7 Å². The summed E-state index contributed by atoms with van der Waals surface area (Å²) < 4.78 is 60.4. The Morgan fingerprint density at radius 1 is 0.862 bits per heavy atom. The van der Waals surface area contributed by atoms with Crippen LogP contribution in [0.15, 0.2) is 113 Å². The van der Waals surface area contributed by atoms with E-state index in [1.54, 1.807) is 18.2 Å². The number of nitriles is 3. The van der Waals surface area contributed by atoms with Crippen molar-refractivity contribution in [3.8, 4) is 35.1 Å². The first-order chi connectivity index (χ1) is 28.1. The number of fused-ring (bicyclic) bond motifs is 1. The molecule has 0 fully saturated rings. The molecule has 13 heteroatoms. The Hall–Kier alpha value is -6.14. The van der Waals surface area contributed by atoms with Crippen LogP contribution in [0.2, 0.25) is 0 Å². The molecule has 1 atom stereocenters. The summed E-state index contributed by atoms with van der Waals surface area (Å²) in [7, 11) is 0. The SMILES string of the molecule is CCCCOc1c(/C=C/c2ccc(N(CCO)CCO)cc2)sc2cc(/C=C/C3=C(C#N)C(=C(C#N)C#N)OC3(c3ccc(-c4ccccc4)cc3)C(F)(F)F)sc12. The van der Waals surface area contributed by atoms with Gasteiger partial charge in [0, 0.05) is 34.8 Å². The van der Waals surface area contributed by atoms with Gasteiger partial charge in [-0.3, -0.25) is 0 Å². The minimum Gasteiger partial charge on any atom is -0.491 e. The first-order valence-corrected chi connectivity index (χ1v) is 20.0. The molecule has 0 saturated heterocycles. The monoisotopic (exact) mass is 818 g/mol. The Morgan fingerprint density at radius 3 is 2.14 bits per heavy atom. The average Bonchev–Trinajstić information content (AvgIpc) is 3.90. The van der Waals surface area contributed by atoms with Crippen LogP contribution in [0.1, 0.15) is 40.6 Å². The molecule has 294 valence electrons. The van der Waals surface area contributed by atoms with Gasteiger partial charge in [0.25, 0.3) is 5.60 Å². The lowest BCUT2D eigenvalue weighted by molar-refractivity contribution is -0.249. The van der Waals surface area contributed by atoms with Crippen molar-refractivity contribution in [3.63, 3.8) is 0 Å². The summed E-state index contributed by atoms with van der Waals surface area (Å²) in [4.78, 5) is 3.34.